The zero-order chi connectivity index (χ0) is 25.2. The fraction of sp³-hybridized carbons (Fsp3) is 0.0741. The van der Waals surface area contributed by atoms with Crippen molar-refractivity contribution in [1.82, 2.24) is 9.66 Å². The lowest BCUT2D eigenvalue weighted by Crippen LogP contribution is -2.20. The highest BCUT2D eigenvalue weighted by molar-refractivity contribution is 9.10. The Kier molecular flexibility index (Phi) is 6.51. The van der Waals surface area contributed by atoms with Gasteiger partial charge in [0.25, 0.3) is 5.56 Å². The molecular weight excluding hydrogens is 546 g/mol. The molecule has 5 rings (SSSR count). The number of rotatable bonds is 6. The first-order valence-corrected chi connectivity index (χ1v) is 11.8. The van der Waals surface area contributed by atoms with Crippen LogP contribution in [0.3, 0.4) is 0 Å². The number of halogens is 2. The zero-order valence-electron chi connectivity index (χ0n) is 18.9. The second-order valence-electron chi connectivity index (χ2n) is 7.62. The van der Waals surface area contributed by atoms with Crippen LogP contribution in [0.25, 0.3) is 33.5 Å². The first-order valence-electron chi connectivity index (χ1n) is 10.7. The standard InChI is InChI=1S/C27H17BrClN3O4/c1-3-10-35-24-14-20(28)17(13-23(24)34-2)15-30-32-26(31-21-7-5-4-6-19(21)27(32)33)25-12-16-11-18(29)8-9-22(16)36-25/h1,4-9,11-15H,10H2,2H3. The summed E-state index contributed by atoms with van der Waals surface area (Å²) in [5.74, 6) is 3.99. The van der Waals surface area contributed by atoms with Crippen LogP contribution < -0.4 is 15.0 Å². The molecule has 2 aromatic heterocycles. The van der Waals surface area contributed by atoms with Crippen LogP contribution in [0.4, 0.5) is 0 Å². The third kappa shape index (κ3) is 4.47. The Hall–Kier alpha value is -4.06. The smallest absolute Gasteiger partial charge is 0.282 e. The second kappa shape index (κ2) is 9.90. The van der Waals surface area contributed by atoms with Gasteiger partial charge in [0, 0.05) is 20.4 Å². The molecule has 0 saturated heterocycles. The molecule has 0 aliphatic rings. The van der Waals surface area contributed by atoms with Gasteiger partial charge >= 0.3 is 0 Å². The molecule has 0 unspecified atom stereocenters. The summed E-state index contributed by atoms with van der Waals surface area (Å²) < 4.78 is 18.8. The first-order chi connectivity index (χ1) is 17.5. The maximum Gasteiger partial charge on any atom is 0.282 e. The minimum absolute atomic E-state index is 0.0977. The Balaban J connectivity index is 1.67. The van der Waals surface area contributed by atoms with E-state index in [0.717, 1.165) is 5.39 Å². The van der Waals surface area contributed by atoms with Gasteiger partial charge in [0.2, 0.25) is 5.82 Å². The topological polar surface area (TPSA) is 78.9 Å². The van der Waals surface area contributed by atoms with E-state index >= 15 is 0 Å². The number of aromatic nitrogens is 2. The summed E-state index contributed by atoms with van der Waals surface area (Å²) in [6.07, 6.45) is 6.82. The molecule has 5 aromatic rings. The van der Waals surface area contributed by atoms with E-state index in [-0.39, 0.29) is 18.0 Å². The summed E-state index contributed by atoms with van der Waals surface area (Å²) >= 11 is 9.65. The molecule has 0 N–H and O–H groups in total. The maximum atomic E-state index is 13.5. The van der Waals surface area contributed by atoms with Gasteiger partial charge in [0.1, 0.15) is 12.2 Å². The van der Waals surface area contributed by atoms with Crippen LogP contribution >= 0.6 is 27.5 Å². The largest absolute Gasteiger partial charge is 0.493 e. The van der Waals surface area contributed by atoms with Crippen molar-refractivity contribution in [3.63, 3.8) is 0 Å². The van der Waals surface area contributed by atoms with Crippen molar-refractivity contribution < 1.29 is 13.9 Å². The molecule has 0 fully saturated rings. The molecule has 0 aliphatic heterocycles. The van der Waals surface area contributed by atoms with E-state index in [4.69, 9.17) is 31.9 Å². The van der Waals surface area contributed by atoms with E-state index in [2.05, 4.69) is 31.9 Å². The Morgan fingerprint density at radius 3 is 2.83 bits per heavy atom. The van der Waals surface area contributed by atoms with Crippen LogP contribution in [0.5, 0.6) is 11.5 Å². The van der Waals surface area contributed by atoms with Gasteiger partial charge in [-0.1, -0.05) is 29.7 Å². The molecule has 3 aromatic carbocycles. The highest BCUT2D eigenvalue weighted by Gasteiger charge is 2.17. The Morgan fingerprint density at radius 1 is 1.19 bits per heavy atom. The van der Waals surface area contributed by atoms with Crippen LogP contribution in [-0.2, 0) is 0 Å². The van der Waals surface area contributed by atoms with Gasteiger partial charge in [-0.05, 0) is 64.5 Å². The van der Waals surface area contributed by atoms with Crippen molar-refractivity contribution in [3.05, 3.63) is 86.1 Å². The number of para-hydroxylation sites is 1. The van der Waals surface area contributed by atoms with Gasteiger partial charge in [-0.3, -0.25) is 4.79 Å². The number of benzene rings is 3. The molecule has 0 amide bonds. The summed E-state index contributed by atoms with van der Waals surface area (Å²) in [5, 5.41) is 6.27. The molecule has 36 heavy (non-hydrogen) atoms. The van der Waals surface area contributed by atoms with E-state index in [1.54, 1.807) is 54.6 Å². The van der Waals surface area contributed by atoms with Crippen LogP contribution in [0.2, 0.25) is 5.02 Å². The minimum Gasteiger partial charge on any atom is -0.493 e. The zero-order valence-corrected chi connectivity index (χ0v) is 21.2. The lowest BCUT2D eigenvalue weighted by atomic mass is 10.2. The third-order valence-electron chi connectivity index (χ3n) is 5.36. The first kappa shape index (κ1) is 23.7. The molecule has 0 radical (unpaired) electrons. The molecule has 7 nitrogen and oxygen atoms in total. The predicted molar refractivity (Wildman–Crippen MR) is 144 cm³/mol. The predicted octanol–water partition coefficient (Wildman–Crippen LogP) is 6.13. The van der Waals surface area contributed by atoms with Crippen molar-refractivity contribution in [2.45, 2.75) is 0 Å². The van der Waals surface area contributed by atoms with Crippen molar-refractivity contribution in [2.75, 3.05) is 13.7 Å². The highest BCUT2D eigenvalue weighted by atomic mass is 79.9. The Morgan fingerprint density at radius 2 is 2.03 bits per heavy atom. The van der Waals surface area contributed by atoms with E-state index in [1.807, 2.05) is 6.07 Å². The number of ether oxygens (including phenoxy) is 2. The molecule has 0 aliphatic carbocycles. The van der Waals surface area contributed by atoms with Crippen LogP contribution in [0, 0.1) is 12.3 Å². The van der Waals surface area contributed by atoms with E-state index < -0.39 is 0 Å². The van der Waals surface area contributed by atoms with Gasteiger partial charge in [-0.25, -0.2) is 4.98 Å². The quantitative estimate of drug-likeness (QED) is 0.184. The summed E-state index contributed by atoms with van der Waals surface area (Å²) in [7, 11) is 1.52. The Labute approximate surface area is 219 Å². The lowest BCUT2D eigenvalue weighted by Gasteiger charge is -2.11. The molecule has 0 saturated carbocycles. The average molecular weight is 563 g/mol. The number of furan rings is 1. The summed E-state index contributed by atoms with van der Waals surface area (Å²) in [5.41, 5.74) is 1.44. The van der Waals surface area contributed by atoms with Gasteiger partial charge in [0.05, 0.1) is 24.2 Å². The summed E-state index contributed by atoms with van der Waals surface area (Å²) in [6.45, 7) is 0.0977. The minimum atomic E-state index is -0.345. The fourth-order valence-electron chi connectivity index (χ4n) is 3.68. The van der Waals surface area contributed by atoms with Gasteiger partial charge in [0.15, 0.2) is 17.3 Å². The SMILES string of the molecule is C#CCOc1cc(Br)c(C=Nn2c(-c3cc4cc(Cl)ccc4o3)nc3ccccc3c2=O)cc1OC. The van der Waals surface area contributed by atoms with Gasteiger partial charge in [-0.2, -0.15) is 9.78 Å². The maximum absolute atomic E-state index is 13.5. The fourth-order valence-corrected chi connectivity index (χ4v) is 4.28. The monoisotopic (exact) mass is 561 g/mol. The van der Waals surface area contributed by atoms with Crippen LogP contribution in [0.15, 0.2) is 79.4 Å². The highest BCUT2D eigenvalue weighted by Crippen LogP contribution is 2.33. The third-order valence-corrected chi connectivity index (χ3v) is 6.28. The van der Waals surface area contributed by atoms with Crippen LogP contribution in [-0.4, -0.2) is 29.6 Å². The number of fused-ring (bicyclic) bond motifs is 2. The van der Waals surface area contributed by atoms with E-state index in [0.29, 0.717) is 48.8 Å². The van der Waals surface area contributed by atoms with Gasteiger partial charge < -0.3 is 13.9 Å². The number of hydrogen-bond donors (Lipinski definition) is 0. The van der Waals surface area contributed by atoms with Crippen molar-refractivity contribution >= 4 is 55.6 Å². The second-order valence-corrected chi connectivity index (χ2v) is 8.92. The number of nitrogens with zero attached hydrogens (tertiary/aromatic N) is 3. The number of methoxy groups -OCH3 is 1. The summed E-state index contributed by atoms with van der Waals surface area (Å²) in [4.78, 5) is 18.2. The number of terminal acetylenes is 1. The van der Waals surface area contributed by atoms with Crippen molar-refractivity contribution in [1.29, 1.82) is 0 Å². The average Bonchev–Trinajstić information content (AvgIpc) is 3.30. The summed E-state index contributed by atoms with van der Waals surface area (Å²) in [6, 6.07) is 17.6. The van der Waals surface area contributed by atoms with E-state index in [1.165, 1.54) is 18.0 Å². The van der Waals surface area contributed by atoms with Gasteiger partial charge in [-0.15, -0.1) is 6.42 Å². The van der Waals surface area contributed by atoms with Crippen LogP contribution in [0.1, 0.15) is 5.56 Å². The number of hydrogen-bond acceptors (Lipinski definition) is 6. The van der Waals surface area contributed by atoms with E-state index in [9.17, 15) is 4.79 Å². The molecule has 9 heteroatoms. The molecule has 178 valence electrons. The van der Waals surface area contributed by atoms with Crippen molar-refractivity contribution in [2.24, 2.45) is 5.10 Å². The molecule has 0 spiro atoms. The van der Waals surface area contributed by atoms with Crippen molar-refractivity contribution in [3.8, 4) is 35.4 Å². The Bertz CT molecular complexity index is 1750. The molecule has 2 heterocycles. The molecule has 0 atom stereocenters. The molecular formula is C27H17BrClN3O4. The lowest BCUT2D eigenvalue weighted by molar-refractivity contribution is 0.330. The normalized spacial score (nSPS) is 11.3. The molecule has 0 bridgehead atoms.